The van der Waals surface area contributed by atoms with E-state index in [9.17, 15) is 4.79 Å². The van der Waals surface area contributed by atoms with Gasteiger partial charge in [-0.3, -0.25) is 4.84 Å². The van der Waals surface area contributed by atoms with Gasteiger partial charge in [-0.2, -0.15) is 0 Å². The molecule has 0 aliphatic carbocycles. The standard InChI is InChI=1S/C9H13N3O2/c1-2-14-12-11-9(13)10-8-6-4-3-5-7-8/h3-7,12H,2H2,1H3,(H2,10,11,13). The number of hydrazine groups is 1. The molecule has 0 saturated heterocycles. The molecule has 1 aromatic carbocycles. The fraction of sp³-hybridized carbons (Fsp3) is 0.222. The van der Waals surface area contributed by atoms with Gasteiger partial charge in [-0.15, -0.1) is 5.59 Å². The lowest BCUT2D eigenvalue weighted by molar-refractivity contribution is 0.0294. The number of carbonyl (C=O) groups excluding carboxylic acids is 1. The number of hydrogen-bond donors (Lipinski definition) is 3. The maximum Gasteiger partial charge on any atom is 0.335 e. The molecule has 14 heavy (non-hydrogen) atoms. The maximum absolute atomic E-state index is 11.1. The topological polar surface area (TPSA) is 62.4 Å². The predicted octanol–water partition coefficient (Wildman–Crippen LogP) is 1.26. The zero-order chi connectivity index (χ0) is 10.2. The van der Waals surface area contributed by atoms with Crippen molar-refractivity contribution in [2.24, 2.45) is 0 Å². The summed E-state index contributed by atoms with van der Waals surface area (Å²) in [5.41, 5.74) is 5.33. The summed E-state index contributed by atoms with van der Waals surface area (Å²) in [6, 6.07) is 8.77. The number of amides is 2. The predicted molar refractivity (Wildman–Crippen MR) is 53.4 cm³/mol. The van der Waals surface area contributed by atoms with Crippen molar-refractivity contribution in [3.05, 3.63) is 30.3 Å². The van der Waals surface area contributed by atoms with E-state index in [-0.39, 0.29) is 6.03 Å². The van der Waals surface area contributed by atoms with Crippen LogP contribution in [0.3, 0.4) is 0 Å². The van der Waals surface area contributed by atoms with Crippen molar-refractivity contribution >= 4 is 11.7 Å². The van der Waals surface area contributed by atoms with E-state index in [2.05, 4.69) is 16.3 Å². The number of carbonyl (C=O) groups is 1. The molecule has 0 saturated carbocycles. The number of para-hydroxylation sites is 1. The summed E-state index contributed by atoms with van der Waals surface area (Å²) in [5.74, 6) is 0. The Bertz CT molecular complexity index is 277. The average Bonchev–Trinajstić information content (AvgIpc) is 2.20. The fourth-order valence-electron chi connectivity index (χ4n) is 0.838. The van der Waals surface area contributed by atoms with Crippen molar-refractivity contribution in [2.75, 3.05) is 11.9 Å². The quantitative estimate of drug-likeness (QED) is 0.500. The van der Waals surface area contributed by atoms with Crippen molar-refractivity contribution in [1.82, 2.24) is 11.0 Å². The molecule has 0 heterocycles. The van der Waals surface area contributed by atoms with Crippen LogP contribution in [0, 0.1) is 0 Å². The molecule has 1 aromatic rings. The summed E-state index contributed by atoms with van der Waals surface area (Å²) in [5, 5.41) is 2.61. The van der Waals surface area contributed by atoms with E-state index in [0.717, 1.165) is 5.69 Å². The van der Waals surface area contributed by atoms with Gasteiger partial charge in [0.1, 0.15) is 0 Å². The molecular weight excluding hydrogens is 182 g/mol. The Balaban J connectivity index is 2.27. The highest BCUT2D eigenvalue weighted by atomic mass is 16.7. The van der Waals surface area contributed by atoms with E-state index >= 15 is 0 Å². The third-order valence-electron chi connectivity index (χ3n) is 1.41. The number of rotatable bonds is 4. The fourth-order valence-corrected chi connectivity index (χ4v) is 0.838. The summed E-state index contributed by atoms with van der Waals surface area (Å²) in [6.07, 6.45) is 0. The highest BCUT2D eigenvalue weighted by molar-refractivity contribution is 5.88. The highest BCUT2D eigenvalue weighted by Gasteiger charge is 1.98. The molecule has 5 nitrogen and oxygen atoms in total. The lowest BCUT2D eigenvalue weighted by Crippen LogP contribution is -2.40. The Kier molecular flexibility index (Phi) is 4.46. The SMILES string of the molecule is CCONNC(=O)Nc1ccccc1. The molecule has 0 spiro atoms. The van der Waals surface area contributed by atoms with Gasteiger partial charge in [0.2, 0.25) is 0 Å². The molecule has 3 N–H and O–H groups in total. The lowest BCUT2D eigenvalue weighted by atomic mass is 10.3. The monoisotopic (exact) mass is 195 g/mol. The summed E-state index contributed by atoms with van der Waals surface area (Å²) >= 11 is 0. The summed E-state index contributed by atoms with van der Waals surface area (Å²) in [7, 11) is 0. The highest BCUT2D eigenvalue weighted by Crippen LogP contribution is 2.03. The van der Waals surface area contributed by atoms with Crippen LogP contribution in [-0.4, -0.2) is 12.6 Å². The molecule has 0 fully saturated rings. The second-order valence-corrected chi connectivity index (χ2v) is 2.48. The van der Waals surface area contributed by atoms with Gasteiger partial charge >= 0.3 is 6.03 Å². The zero-order valence-electron chi connectivity index (χ0n) is 7.91. The zero-order valence-corrected chi connectivity index (χ0v) is 7.91. The first kappa shape index (κ1) is 10.5. The van der Waals surface area contributed by atoms with E-state index in [1.165, 1.54) is 0 Å². The number of benzene rings is 1. The van der Waals surface area contributed by atoms with E-state index in [1.54, 1.807) is 12.1 Å². The van der Waals surface area contributed by atoms with Gasteiger partial charge in [-0.05, 0) is 19.1 Å². The molecule has 0 aliphatic heterocycles. The summed E-state index contributed by atoms with van der Waals surface area (Å²) in [4.78, 5) is 15.8. The molecule has 5 heteroatoms. The van der Waals surface area contributed by atoms with Crippen LogP contribution in [0.15, 0.2) is 30.3 Å². The van der Waals surface area contributed by atoms with Gasteiger partial charge < -0.3 is 5.32 Å². The normalized spacial score (nSPS) is 9.50. The van der Waals surface area contributed by atoms with Crippen LogP contribution < -0.4 is 16.3 Å². The van der Waals surface area contributed by atoms with Crippen LogP contribution in [0.25, 0.3) is 0 Å². The second kappa shape index (κ2) is 5.95. The summed E-state index contributed by atoms with van der Waals surface area (Å²) in [6.45, 7) is 2.29. The lowest BCUT2D eigenvalue weighted by Gasteiger charge is -2.07. The van der Waals surface area contributed by atoms with E-state index in [1.807, 2.05) is 25.1 Å². The first-order valence-electron chi connectivity index (χ1n) is 4.31. The Labute approximate surface area is 82.4 Å². The Morgan fingerprint density at radius 2 is 2.07 bits per heavy atom. The summed E-state index contributed by atoms with van der Waals surface area (Å²) < 4.78 is 0. The van der Waals surface area contributed by atoms with Crippen molar-refractivity contribution in [3.63, 3.8) is 0 Å². The van der Waals surface area contributed by atoms with Gasteiger partial charge in [0.25, 0.3) is 0 Å². The number of anilines is 1. The maximum atomic E-state index is 11.1. The van der Waals surface area contributed by atoms with Crippen molar-refractivity contribution < 1.29 is 9.63 Å². The van der Waals surface area contributed by atoms with Gasteiger partial charge in [0.05, 0.1) is 6.61 Å². The third-order valence-corrected chi connectivity index (χ3v) is 1.41. The molecular formula is C9H13N3O2. The Hall–Kier alpha value is -1.59. The molecule has 0 bridgehead atoms. The van der Waals surface area contributed by atoms with Gasteiger partial charge in [-0.1, -0.05) is 18.2 Å². The van der Waals surface area contributed by atoms with Crippen molar-refractivity contribution in [3.8, 4) is 0 Å². The van der Waals surface area contributed by atoms with E-state index in [0.29, 0.717) is 6.61 Å². The molecule has 1 rings (SSSR count). The molecule has 76 valence electrons. The smallest absolute Gasteiger partial charge is 0.307 e. The number of hydrogen-bond acceptors (Lipinski definition) is 3. The minimum Gasteiger partial charge on any atom is -0.307 e. The van der Waals surface area contributed by atoms with Crippen LogP contribution in [0.1, 0.15) is 6.92 Å². The first-order chi connectivity index (χ1) is 6.83. The number of urea groups is 1. The van der Waals surface area contributed by atoms with Gasteiger partial charge in [0, 0.05) is 5.69 Å². The van der Waals surface area contributed by atoms with Gasteiger partial charge in [0.15, 0.2) is 0 Å². The minimum atomic E-state index is -0.371. The van der Waals surface area contributed by atoms with E-state index in [4.69, 9.17) is 4.84 Å². The average molecular weight is 195 g/mol. The molecule has 0 unspecified atom stereocenters. The van der Waals surface area contributed by atoms with Gasteiger partial charge in [-0.25, -0.2) is 10.2 Å². The van der Waals surface area contributed by atoms with Crippen LogP contribution in [0.2, 0.25) is 0 Å². The minimum absolute atomic E-state index is 0.371. The molecule has 2 amide bonds. The Morgan fingerprint density at radius 1 is 1.36 bits per heavy atom. The molecule has 0 aliphatic rings. The van der Waals surface area contributed by atoms with Crippen LogP contribution in [0.5, 0.6) is 0 Å². The van der Waals surface area contributed by atoms with E-state index < -0.39 is 0 Å². The molecule has 0 radical (unpaired) electrons. The first-order valence-corrected chi connectivity index (χ1v) is 4.31. The second-order valence-electron chi connectivity index (χ2n) is 2.48. The Morgan fingerprint density at radius 3 is 2.71 bits per heavy atom. The largest absolute Gasteiger partial charge is 0.335 e. The molecule has 0 atom stereocenters. The van der Waals surface area contributed by atoms with Crippen molar-refractivity contribution in [1.29, 1.82) is 0 Å². The van der Waals surface area contributed by atoms with Crippen molar-refractivity contribution in [2.45, 2.75) is 6.92 Å². The van der Waals surface area contributed by atoms with Crippen LogP contribution in [-0.2, 0) is 4.84 Å². The third kappa shape index (κ3) is 3.88. The van der Waals surface area contributed by atoms with Crippen LogP contribution in [0.4, 0.5) is 10.5 Å². The molecule has 0 aromatic heterocycles. The number of nitrogens with one attached hydrogen (secondary N) is 3. The van der Waals surface area contributed by atoms with Crippen LogP contribution >= 0.6 is 0 Å².